The van der Waals surface area contributed by atoms with Crippen molar-refractivity contribution in [3.05, 3.63) is 11.7 Å². The largest absolute Gasteiger partial charge is 0.444 e. The van der Waals surface area contributed by atoms with Gasteiger partial charge in [-0.25, -0.2) is 4.79 Å². The van der Waals surface area contributed by atoms with Crippen LogP contribution < -0.4 is 5.32 Å². The molecule has 0 aliphatic carbocycles. The highest BCUT2D eigenvalue weighted by Gasteiger charge is 2.44. The van der Waals surface area contributed by atoms with E-state index >= 15 is 0 Å². The second-order valence-electron chi connectivity index (χ2n) is 7.89. The normalized spacial score (nSPS) is 20.5. The number of ether oxygens (including phenoxy) is 1. The summed E-state index contributed by atoms with van der Waals surface area (Å²) in [4.78, 5) is 29.7. The topological polar surface area (TPSA) is 118 Å². The maximum absolute atomic E-state index is 12.3. The van der Waals surface area contributed by atoms with Gasteiger partial charge >= 0.3 is 6.09 Å². The Balaban J connectivity index is 1.83. The van der Waals surface area contributed by atoms with Crippen molar-refractivity contribution in [3.63, 3.8) is 0 Å². The maximum atomic E-state index is 12.3. The molecule has 9 nitrogen and oxygen atoms in total. The van der Waals surface area contributed by atoms with E-state index in [1.54, 1.807) is 20.8 Å². The molecule has 1 aromatic rings. The Hall–Kier alpha value is -2.16. The summed E-state index contributed by atoms with van der Waals surface area (Å²) in [6.45, 7) is 9.82. The lowest BCUT2D eigenvalue weighted by Crippen LogP contribution is -2.37. The first-order valence-corrected chi connectivity index (χ1v) is 8.81. The highest BCUT2D eigenvalue weighted by molar-refractivity contribution is 5.77. The molecule has 0 aromatic carbocycles. The number of rotatable bonds is 5. The zero-order valence-electron chi connectivity index (χ0n) is 16.0. The number of carbonyl (C=O) groups is 2. The van der Waals surface area contributed by atoms with Crippen LogP contribution in [-0.4, -0.2) is 57.4 Å². The monoisotopic (exact) mass is 368 g/mol. The molecule has 0 radical (unpaired) electrons. The third-order valence-corrected chi connectivity index (χ3v) is 3.96. The molecule has 1 saturated heterocycles. The first-order valence-electron chi connectivity index (χ1n) is 8.81. The standard InChI is InChI=1S/C17H28N4O5/c1-11(2)13-19-14(26-20-13)17(24)7-9-21(10-17)12(22)6-8-18-15(23)25-16(3,4)5/h11,24H,6-10H2,1-5H3,(H,18,23). The van der Waals surface area contributed by atoms with Crippen molar-refractivity contribution in [1.29, 1.82) is 0 Å². The Labute approximate surface area is 153 Å². The van der Waals surface area contributed by atoms with E-state index in [0.29, 0.717) is 18.8 Å². The van der Waals surface area contributed by atoms with Gasteiger partial charge in [-0.3, -0.25) is 4.79 Å². The molecule has 0 bridgehead atoms. The molecule has 2 rings (SSSR count). The summed E-state index contributed by atoms with van der Waals surface area (Å²) < 4.78 is 10.3. The number of alkyl carbamates (subject to hydrolysis) is 1. The van der Waals surface area contributed by atoms with Gasteiger partial charge in [-0.2, -0.15) is 4.98 Å². The predicted octanol–water partition coefficient (Wildman–Crippen LogP) is 1.53. The average molecular weight is 368 g/mol. The molecular formula is C17H28N4O5. The second kappa shape index (κ2) is 7.61. The second-order valence-corrected chi connectivity index (χ2v) is 7.89. The third-order valence-electron chi connectivity index (χ3n) is 3.96. The van der Waals surface area contributed by atoms with Gasteiger partial charge < -0.3 is 24.6 Å². The predicted molar refractivity (Wildman–Crippen MR) is 92.3 cm³/mol. The zero-order valence-corrected chi connectivity index (χ0v) is 16.0. The van der Waals surface area contributed by atoms with Crippen LogP contribution in [0.2, 0.25) is 0 Å². The smallest absolute Gasteiger partial charge is 0.407 e. The van der Waals surface area contributed by atoms with Crippen molar-refractivity contribution in [3.8, 4) is 0 Å². The van der Waals surface area contributed by atoms with Crippen molar-refractivity contribution >= 4 is 12.0 Å². The van der Waals surface area contributed by atoms with E-state index in [0.717, 1.165) is 0 Å². The molecule has 1 unspecified atom stereocenters. The first-order chi connectivity index (χ1) is 12.0. The first kappa shape index (κ1) is 20.2. The van der Waals surface area contributed by atoms with E-state index in [2.05, 4.69) is 15.5 Å². The summed E-state index contributed by atoms with van der Waals surface area (Å²) in [6, 6.07) is 0. The van der Waals surface area contributed by atoms with Crippen LogP contribution in [0.4, 0.5) is 4.79 Å². The van der Waals surface area contributed by atoms with E-state index in [4.69, 9.17) is 9.26 Å². The molecule has 1 aliphatic rings. The molecule has 146 valence electrons. The molecule has 1 aliphatic heterocycles. The molecule has 26 heavy (non-hydrogen) atoms. The molecule has 2 N–H and O–H groups in total. The number of aromatic nitrogens is 2. The minimum atomic E-state index is -1.33. The number of likely N-dealkylation sites (tertiary alicyclic amines) is 1. The Morgan fingerprint density at radius 3 is 2.69 bits per heavy atom. The van der Waals surface area contributed by atoms with Gasteiger partial charge in [0.15, 0.2) is 11.4 Å². The van der Waals surface area contributed by atoms with Gasteiger partial charge in [-0.15, -0.1) is 0 Å². The molecule has 1 fully saturated rings. The van der Waals surface area contributed by atoms with Gasteiger partial charge in [0.1, 0.15) is 5.60 Å². The molecule has 9 heteroatoms. The fourth-order valence-electron chi connectivity index (χ4n) is 2.58. The minimum Gasteiger partial charge on any atom is -0.444 e. The van der Waals surface area contributed by atoms with Gasteiger partial charge in [0, 0.05) is 31.8 Å². The van der Waals surface area contributed by atoms with Gasteiger partial charge in [-0.05, 0) is 20.8 Å². The Kier molecular flexibility index (Phi) is 5.90. The van der Waals surface area contributed by atoms with Crippen LogP contribution >= 0.6 is 0 Å². The lowest BCUT2D eigenvalue weighted by atomic mass is 10.0. The maximum Gasteiger partial charge on any atom is 0.407 e. The average Bonchev–Trinajstić information content (AvgIpc) is 3.13. The van der Waals surface area contributed by atoms with Crippen molar-refractivity contribution in [1.82, 2.24) is 20.4 Å². The van der Waals surface area contributed by atoms with Crippen LogP contribution in [0.15, 0.2) is 4.52 Å². The van der Waals surface area contributed by atoms with E-state index in [1.807, 2.05) is 13.8 Å². The molecule has 1 atom stereocenters. The van der Waals surface area contributed by atoms with E-state index in [9.17, 15) is 14.7 Å². The van der Waals surface area contributed by atoms with E-state index in [1.165, 1.54) is 4.90 Å². The fraction of sp³-hybridized carbons (Fsp3) is 0.765. The van der Waals surface area contributed by atoms with Crippen LogP contribution in [-0.2, 0) is 15.1 Å². The summed E-state index contributed by atoms with van der Waals surface area (Å²) in [5.41, 5.74) is -1.91. The highest BCUT2D eigenvalue weighted by atomic mass is 16.6. The van der Waals surface area contributed by atoms with Gasteiger partial charge in [0.25, 0.3) is 5.89 Å². The molecule has 0 spiro atoms. The van der Waals surface area contributed by atoms with Gasteiger partial charge in [0.05, 0.1) is 6.54 Å². The molecule has 1 aromatic heterocycles. The zero-order chi connectivity index (χ0) is 19.5. The number of carbonyl (C=O) groups excluding carboxylic acids is 2. The molecular weight excluding hydrogens is 340 g/mol. The minimum absolute atomic E-state index is 0.0918. The summed E-state index contributed by atoms with van der Waals surface area (Å²) in [7, 11) is 0. The van der Waals surface area contributed by atoms with Crippen LogP contribution in [0.1, 0.15) is 65.1 Å². The van der Waals surface area contributed by atoms with E-state index in [-0.39, 0.29) is 37.2 Å². The quantitative estimate of drug-likeness (QED) is 0.809. The Bertz CT molecular complexity index is 652. The van der Waals surface area contributed by atoms with Crippen molar-refractivity contribution in [2.45, 2.75) is 64.6 Å². The van der Waals surface area contributed by atoms with Gasteiger partial charge in [0.2, 0.25) is 5.91 Å². The molecule has 0 saturated carbocycles. The van der Waals surface area contributed by atoms with Crippen LogP contribution in [0.5, 0.6) is 0 Å². The molecule has 2 heterocycles. The number of hydrogen-bond donors (Lipinski definition) is 2. The lowest BCUT2D eigenvalue weighted by molar-refractivity contribution is -0.131. The van der Waals surface area contributed by atoms with Crippen LogP contribution in [0.3, 0.4) is 0 Å². The van der Waals surface area contributed by atoms with E-state index < -0.39 is 17.3 Å². The SMILES string of the molecule is CC(C)c1noc(C2(O)CCN(C(=O)CCNC(=O)OC(C)(C)C)C2)n1. The summed E-state index contributed by atoms with van der Waals surface area (Å²) in [5.74, 6) is 0.595. The van der Waals surface area contributed by atoms with Gasteiger partial charge in [-0.1, -0.05) is 19.0 Å². The number of hydrogen-bond acceptors (Lipinski definition) is 7. The summed E-state index contributed by atoms with van der Waals surface area (Å²) in [5, 5.41) is 17.2. The van der Waals surface area contributed by atoms with Crippen molar-refractivity contribution in [2.75, 3.05) is 19.6 Å². The van der Waals surface area contributed by atoms with Crippen LogP contribution in [0, 0.1) is 0 Å². The Morgan fingerprint density at radius 1 is 1.42 bits per heavy atom. The van der Waals surface area contributed by atoms with Crippen molar-refractivity contribution < 1.29 is 24.0 Å². The fourth-order valence-corrected chi connectivity index (χ4v) is 2.58. The number of nitrogens with zero attached hydrogens (tertiary/aromatic N) is 3. The summed E-state index contributed by atoms with van der Waals surface area (Å²) >= 11 is 0. The van der Waals surface area contributed by atoms with Crippen LogP contribution in [0.25, 0.3) is 0 Å². The Morgan fingerprint density at radius 2 is 2.12 bits per heavy atom. The molecule has 2 amide bonds. The number of nitrogens with one attached hydrogen (secondary N) is 1. The number of amides is 2. The summed E-state index contributed by atoms with van der Waals surface area (Å²) in [6.07, 6.45) is -0.107. The number of β-amino-alcohol motifs (C(OH)–C–C–N with tert-alkyl or cyclic N) is 1. The lowest BCUT2D eigenvalue weighted by Gasteiger charge is -2.21. The number of aliphatic hydroxyl groups is 1. The van der Waals surface area contributed by atoms with Crippen molar-refractivity contribution in [2.24, 2.45) is 0 Å². The third kappa shape index (κ3) is 5.17. The highest BCUT2D eigenvalue weighted by Crippen LogP contribution is 2.31.